The second-order valence-corrected chi connectivity index (χ2v) is 4.62. The van der Waals surface area contributed by atoms with Crippen molar-refractivity contribution in [3.63, 3.8) is 0 Å². The fraction of sp³-hybridized carbons (Fsp3) is 0.917. The fourth-order valence-corrected chi connectivity index (χ4v) is 2.16. The van der Waals surface area contributed by atoms with Crippen molar-refractivity contribution in [3.05, 3.63) is 0 Å². The van der Waals surface area contributed by atoms with Crippen LogP contribution in [0.3, 0.4) is 0 Å². The van der Waals surface area contributed by atoms with Gasteiger partial charge in [-0.15, -0.1) is 0 Å². The van der Waals surface area contributed by atoms with Gasteiger partial charge in [-0.25, -0.2) is 0 Å². The van der Waals surface area contributed by atoms with Crippen LogP contribution in [0.4, 0.5) is 0 Å². The molecule has 16 heavy (non-hydrogen) atoms. The summed E-state index contributed by atoms with van der Waals surface area (Å²) in [6.07, 6.45) is 5.02. The Hall–Kier alpha value is -0.610. The number of likely N-dealkylation sites (N-methyl/N-ethyl adjacent to an activating group) is 1. The minimum Gasteiger partial charge on any atom is -0.355 e. The van der Waals surface area contributed by atoms with E-state index in [0.717, 1.165) is 13.0 Å². The van der Waals surface area contributed by atoms with Gasteiger partial charge in [-0.05, 0) is 39.7 Å². The standard InChI is InChI=1S/C12H25N3O/c1-3-13-12(16)9-15-10(2)8-11-6-4-5-7-14-11/h10-11,14-15H,3-9H2,1-2H3,(H,13,16). The zero-order chi connectivity index (χ0) is 11.8. The molecule has 2 atom stereocenters. The SMILES string of the molecule is CCNC(=O)CNC(C)CC1CCCCN1. The van der Waals surface area contributed by atoms with Crippen LogP contribution in [0.25, 0.3) is 0 Å². The van der Waals surface area contributed by atoms with Gasteiger partial charge in [0.15, 0.2) is 0 Å². The van der Waals surface area contributed by atoms with E-state index < -0.39 is 0 Å². The highest BCUT2D eigenvalue weighted by Crippen LogP contribution is 2.11. The van der Waals surface area contributed by atoms with Crippen molar-refractivity contribution < 1.29 is 4.79 Å². The molecule has 0 aromatic heterocycles. The lowest BCUT2D eigenvalue weighted by atomic mass is 9.99. The van der Waals surface area contributed by atoms with Gasteiger partial charge in [0, 0.05) is 18.6 Å². The zero-order valence-electron chi connectivity index (χ0n) is 10.5. The van der Waals surface area contributed by atoms with Crippen molar-refractivity contribution in [3.8, 4) is 0 Å². The van der Waals surface area contributed by atoms with E-state index >= 15 is 0 Å². The molecule has 1 amide bonds. The van der Waals surface area contributed by atoms with Crippen molar-refractivity contribution in [2.24, 2.45) is 0 Å². The quantitative estimate of drug-likeness (QED) is 0.624. The van der Waals surface area contributed by atoms with Gasteiger partial charge in [-0.1, -0.05) is 6.42 Å². The second kappa shape index (κ2) is 7.63. The molecule has 1 fully saturated rings. The lowest BCUT2D eigenvalue weighted by Gasteiger charge is -2.26. The van der Waals surface area contributed by atoms with E-state index in [4.69, 9.17) is 0 Å². The summed E-state index contributed by atoms with van der Waals surface area (Å²) in [6.45, 7) is 6.37. The average Bonchev–Trinajstić information content (AvgIpc) is 2.28. The van der Waals surface area contributed by atoms with Gasteiger partial charge in [0.25, 0.3) is 0 Å². The maximum Gasteiger partial charge on any atom is 0.233 e. The Morgan fingerprint density at radius 1 is 1.50 bits per heavy atom. The number of nitrogens with one attached hydrogen (secondary N) is 3. The van der Waals surface area contributed by atoms with Gasteiger partial charge in [-0.3, -0.25) is 4.79 Å². The molecule has 1 heterocycles. The Kier molecular flexibility index (Phi) is 6.42. The van der Waals surface area contributed by atoms with Crippen molar-refractivity contribution >= 4 is 5.91 Å². The van der Waals surface area contributed by atoms with Gasteiger partial charge >= 0.3 is 0 Å². The van der Waals surface area contributed by atoms with Crippen molar-refractivity contribution in [1.29, 1.82) is 0 Å². The van der Waals surface area contributed by atoms with Crippen molar-refractivity contribution in [2.45, 2.75) is 51.6 Å². The third-order valence-electron chi connectivity index (χ3n) is 3.04. The molecule has 1 saturated heterocycles. The highest BCUT2D eigenvalue weighted by atomic mass is 16.1. The van der Waals surface area contributed by atoms with Gasteiger partial charge in [0.1, 0.15) is 0 Å². The summed E-state index contributed by atoms with van der Waals surface area (Å²) in [5, 5.41) is 9.57. The van der Waals surface area contributed by atoms with Crippen LogP contribution < -0.4 is 16.0 Å². The molecule has 0 radical (unpaired) electrons. The van der Waals surface area contributed by atoms with E-state index in [1.54, 1.807) is 0 Å². The van der Waals surface area contributed by atoms with Crippen LogP contribution in [0.2, 0.25) is 0 Å². The highest BCUT2D eigenvalue weighted by molar-refractivity contribution is 5.77. The van der Waals surface area contributed by atoms with E-state index in [1.165, 1.54) is 19.3 Å². The summed E-state index contributed by atoms with van der Waals surface area (Å²) >= 11 is 0. The molecule has 1 aliphatic rings. The average molecular weight is 227 g/mol. The van der Waals surface area contributed by atoms with Gasteiger partial charge in [0.05, 0.1) is 6.54 Å². The van der Waals surface area contributed by atoms with Crippen LogP contribution in [0.1, 0.15) is 39.5 Å². The van der Waals surface area contributed by atoms with Crippen LogP contribution in [0, 0.1) is 0 Å². The van der Waals surface area contributed by atoms with Crippen LogP contribution in [0.5, 0.6) is 0 Å². The Morgan fingerprint density at radius 3 is 2.94 bits per heavy atom. The number of piperidine rings is 1. The zero-order valence-corrected chi connectivity index (χ0v) is 10.5. The Bertz CT molecular complexity index is 202. The summed E-state index contributed by atoms with van der Waals surface area (Å²) in [5.74, 6) is 0.0888. The monoisotopic (exact) mass is 227 g/mol. The van der Waals surface area contributed by atoms with Gasteiger partial charge in [0.2, 0.25) is 5.91 Å². The van der Waals surface area contributed by atoms with Crippen LogP contribution in [0.15, 0.2) is 0 Å². The predicted molar refractivity (Wildman–Crippen MR) is 66.4 cm³/mol. The molecule has 4 heteroatoms. The maximum atomic E-state index is 11.3. The predicted octanol–water partition coefficient (Wildman–Crippen LogP) is 0.633. The maximum absolute atomic E-state index is 11.3. The molecule has 0 spiro atoms. The van der Waals surface area contributed by atoms with Crippen molar-refractivity contribution in [1.82, 2.24) is 16.0 Å². The van der Waals surface area contributed by atoms with Crippen LogP contribution in [-0.2, 0) is 4.79 Å². The van der Waals surface area contributed by atoms with Gasteiger partial charge < -0.3 is 16.0 Å². The van der Waals surface area contributed by atoms with Crippen LogP contribution in [-0.4, -0.2) is 37.6 Å². The first kappa shape index (κ1) is 13.5. The number of carbonyl (C=O) groups is 1. The third kappa shape index (κ3) is 5.47. The van der Waals surface area contributed by atoms with Crippen molar-refractivity contribution in [2.75, 3.05) is 19.6 Å². The number of rotatable bonds is 6. The molecule has 0 aromatic carbocycles. The minimum atomic E-state index is 0.0888. The highest BCUT2D eigenvalue weighted by Gasteiger charge is 2.15. The smallest absolute Gasteiger partial charge is 0.233 e. The summed E-state index contributed by atoms with van der Waals surface area (Å²) in [7, 11) is 0. The first-order valence-corrected chi connectivity index (χ1v) is 6.45. The summed E-state index contributed by atoms with van der Waals surface area (Å²) in [5.41, 5.74) is 0. The largest absolute Gasteiger partial charge is 0.355 e. The molecular formula is C12H25N3O. The number of hydrogen-bond donors (Lipinski definition) is 3. The Labute approximate surface area is 98.6 Å². The van der Waals surface area contributed by atoms with E-state index in [1.807, 2.05) is 6.92 Å². The summed E-state index contributed by atoms with van der Waals surface area (Å²) < 4.78 is 0. The number of carbonyl (C=O) groups excluding carboxylic acids is 1. The molecule has 0 bridgehead atoms. The molecule has 94 valence electrons. The molecule has 3 N–H and O–H groups in total. The van der Waals surface area contributed by atoms with E-state index in [9.17, 15) is 4.79 Å². The molecule has 0 aromatic rings. The molecule has 1 rings (SSSR count). The van der Waals surface area contributed by atoms with Gasteiger partial charge in [-0.2, -0.15) is 0 Å². The molecule has 0 saturated carbocycles. The Balaban J connectivity index is 2.09. The normalized spacial score (nSPS) is 22.8. The molecule has 1 aliphatic heterocycles. The summed E-state index contributed by atoms with van der Waals surface area (Å²) in [6, 6.07) is 1.03. The second-order valence-electron chi connectivity index (χ2n) is 4.62. The van der Waals surface area contributed by atoms with E-state index in [2.05, 4.69) is 22.9 Å². The number of amides is 1. The molecule has 2 unspecified atom stereocenters. The van der Waals surface area contributed by atoms with E-state index in [-0.39, 0.29) is 5.91 Å². The van der Waals surface area contributed by atoms with E-state index in [0.29, 0.717) is 25.2 Å². The first-order valence-electron chi connectivity index (χ1n) is 6.45. The lowest BCUT2D eigenvalue weighted by Crippen LogP contribution is -2.43. The summed E-state index contributed by atoms with van der Waals surface area (Å²) in [4.78, 5) is 11.3. The molecule has 0 aliphatic carbocycles. The third-order valence-corrected chi connectivity index (χ3v) is 3.04. The van der Waals surface area contributed by atoms with Crippen LogP contribution >= 0.6 is 0 Å². The fourth-order valence-electron chi connectivity index (χ4n) is 2.16. The lowest BCUT2D eigenvalue weighted by molar-refractivity contribution is -0.120. The molecular weight excluding hydrogens is 202 g/mol. The first-order chi connectivity index (χ1) is 7.72. The topological polar surface area (TPSA) is 53.2 Å². The molecule has 4 nitrogen and oxygen atoms in total. The Morgan fingerprint density at radius 2 is 2.31 bits per heavy atom. The number of hydrogen-bond acceptors (Lipinski definition) is 3. The minimum absolute atomic E-state index is 0.0888.